The van der Waals surface area contributed by atoms with E-state index in [1.165, 1.54) is 7.05 Å². The van der Waals surface area contributed by atoms with Gasteiger partial charge in [0.1, 0.15) is 0 Å². The van der Waals surface area contributed by atoms with Crippen molar-refractivity contribution < 1.29 is 23.5 Å². The zero-order valence-electron chi connectivity index (χ0n) is 7.97. The normalized spacial score (nSPS) is 13.0. The van der Waals surface area contributed by atoms with E-state index in [0.717, 1.165) is 11.1 Å². The third-order valence-corrected chi connectivity index (χ3v) is 3.30. The molecule has 1 N–H and O–H groups in total. The maximum absolute atomic E-state index is 8.77. The predicted molar refractivity (Wildman–Crippen MR) is 52.7 cm³/mol. The lowest BCUT2D eigenvalue weighted by Crippen LogP contribution is -2.05. The van der Waals surface area contributed by atoms with Gasteiger partial charge in [-0.2, -0.15) is 0 Å². The Morgan fingerprint density at radius 1 is 1.38 bits per heavy atom. The Bertz CT molecular complexity index is 207. The van der Waals surface area contributed by atoms with Gasteiger partial charge in [0.15, 0.2) is 7.05 Å². The molecule has 0 amide bonds. The van der Waals surface area contributed by atoms with Gasteiger partial charge in [0.25, 0.3) is 0 Å². The highest BCUT2D eigenvalue weighted by atomic mass is 32.5. The summed E-state index contributed by atoms with van der Waals surface area (Å²) in [6.45, 7) is 1.73. The van der Waals surface area contributed by atoms with Gasteiger partial charge in [-0.15, -0.1) is 0 Å². The topological polar surface area (TPSA) is 50.9 Å². The van der Waals surface area contributed by atoms with Crippen molar-refractivity contribution >= 4 is 24.9 Å². The highest BCUT2D eigenvalue weighted by Gasteiger charge is 2.20. The maximum atomic E-state index is 8.77. The van der Waals surface area contributed by atoms with E-state index in [9.17, 15) is 0 Å². The van der Waals surface area contributed by atoms with Gasteiger partial charge in [-0.05, 0) is 13.8 Å². The molecule has 0 heterocycles. The molecule has 0 bridgehead atoms. The molecule has 0 unspecified atom stereocenters. The number of hydrogen-bond acceptors (Lipinski definition) is 5. The van der Waals surface area contributed by atoms with E-state index in [-0.39, 0.29) is 0 Å². The van der Waals surface area contributed by atoms with E-state index in [0.29, 0.717) is 13.2 Å². The monoisotopic (exact) mass is 228 g/mol. The standard InChI is InChI=1S/C6H15NO4PS/c1-4-9-12(13,10-5-2)11-6-7(3)8/h6,8H,4-5H2,1-3H3/q+1. The van der Waals surface area contributed by atoms with Crippen LogP contribution in [0.2, 0.25) is 0 Å². The lowest BCUT2D eigenvalue weighted by Gasteiger charge is -2.16. The molecule has 0 saturated heterocycles. The molecule has 0 aliphatic rings. The molecule has 0 aromatic carbocycles. The fraction of sp³-hybridized carbons (Fsp3) is 0.833. The van der Waals surface area contributed by atoms with E-state index < -0.39 is 6.72 Å². The highest BCUT2D eigenvalue weighted by molar-refractivity contribution is 8.07. The molecule has 7 heteroatoms. The van der Waals surface area contributed by atoms with E-state index in [1.54, 1.807) is 13.8 Å². The predicted octanol–water partition coefficient (Wildman–Crippen LogP) is 1.36. The number of hydrogen-bond donors (Lipinski definition) is 1. The summed E-state index contributed by atoms with van der Waals surface area (Å²) in [6.07, 6.45) is 1.06. The van der Waals surface area contributed by atoms with E-state index >= 15 is 0 Å². The number of hydroxylamine groups is 1. The van der Waals surface area contributed by atoms with Crippen LogP contribution in [0.5, 0.6) is 0 Å². The molecule has 13 heavy (non-hydrogen) atoms. The molecule has 78 valence electrons. The molecule has 0 spiro atoms. The molecule has 0 aliphatic heterocycles. The average molecular weight is 228 g/mol. The molecule has 0 aromatic heterocycles. The van der Waals surface area contributed by atoms with Crippen molar-refractivity contribution in [2.45, 2.75) is 13.8 Å². The first-order valence-electron chi connectivity index (χ1n) is 3.86. The molecule has 0 atom stereocenters. The summed E-state index contributed by atoms with van der Waals surface area (Å²) in [7, 11) is 1.40. The lowest BCUT2D eigenvalue weighted by molar-refractivity contribution is -0.754. The molecular formula is C6H15NO4PS+. The SMILES string of the molecule is CCOP(=S)(OC=[N+](C)O)OCC. The summed E-state index contributed by atoms with van der Waals surface area (Å²) >= 11 is 4.99. The Kier molecular flexibility index (Phi) is 6.24. The number of nitrogens with zero attached hydrogens (tertiary/aromatic N) is 1. The van der Waals surface area contributed by atoms with Crippen molar-refractivity contribution in [3.8, 4) is 0 Å². The second-order valence-electron chi connectivity index (χ2n) is 2.07. The van der Waals surface area contributed by atoms with Crippen LogP contribution in [0.3, 0.4) is 0 Å². The van der Waals surface area contributed by atoms with E-state index in [1.807, 2.05) is 0 Å². The maximum Gasteiger partial charge on any atom is 0.384 e. The molecule has 0 aliphatic carbocycles. The van der Waals surface area contributed by atoms with Gasteiger partial charge in [-0.1, -0.05) is 0 Å². The van der Waals surface area contributed by atoms with Gasteiger partial charge in [-0.3, -0.25) is 14.3 Å². The first kappa shape index (κ1) is 12.8. The van der Waals surface area contributed by atoms with E-state index in [2.05, 4.69) is 0 Å². The van der Waals surface area contributed by atoms with Crippen molar-refractivity contribution in [3.63, 3.8) is 0 Å². The van der Waals surface area contributed by atoms with Crippen LogP contribution < -0.4 is 0 Å². The third kappa shape index (κ3) is 5.99. The fourth-order valence-electron chi connectivity index (χ4n) is 0.540. The Balaban J connectivity index is 4.24. The zero-order chi connectivity index (χ0) is 10.3. The van der Waals surface area contributed by atoms with Gasteiger partial charge in [0.05, 0.1) is 13.2 Å². The van der Waals surface area contributed by atoms with Gasteiger partial charge >= 0.3 is 13.1 Å². The first-order chi connectivity index (χ1) is 6.04. The molecule has 0 aromatic rings. The van der Waals surface area contributed by atoms with Crippen molar-refractivity contribution in [1.82, 2.24) is 0 Å². The summed E-state index contributed by atoms with van der Waals surface area (Å²) in [5.41, 5.74) is 0. The Morgan fingerprint density at radius 3 is 2.15 bits per heavy atom. The first-order valence-corrected chi connectivity index (χ1v) is 6.42. The van der Waals surface area contributed by atoms with Gasteiger partial charge in [0.2, 0.25) is 0 Å². The van der Waals surface area contributed by atoms with Gasteiger partial charge in [-0.25, -0.2) is 0 Å². The minimum absolute atomic E-state index is 0.417. The fourth-order valence-corrected chi connectivity index (χ4v) is 2.37. The van der Waals surface area contributed by atoms with Crippen LogP contribution in [0.25, 0.3) is 0 Å². The van der Waals surface area contributed by atoms with Crippen molar-refractivity contribution in [1.29, 1.82) is 0 Å². The number of rotatable bonds is 6. The lowest BCUT2D eigenvalue weighted by atomic mass is 10.9. The molecule has 0 fully saturated rings. The van der Waals surface area contributed by atoms with Crippen LogP contribution in [0.15, 0.2) is 0 Å². The van der Waals surface area contributed by atoms with Crippen LogP contribution in [0.1, 0.15) is 13.8 Å². The van der Waals surface area contributed by atoms with Crippen LogP contribution >= 0.6 is 6.72 Å². The quantitative estimate of drug-likeness (QED) is 0.186. The van der Waals surface area contributed by atoms with Crippen LogP contribution in [0.4, 0.5) is 0 Å². The summed E-state index contributed by atoms with van der Waals surface area (Å²) in [6, 6.07) is 0. The van der Waals surface area contributed by atoms with Crippen molar-refractivity contribution in [3.05, 3.63) is 0 Å². The zero-order valence-corrected chi connectivity index (χ0v) is 9.68. The summed E-state index contributed by atoms with van der Waals surface area (Å²) in [5, 5.41) is 8.77. The summed E-state index contributed by atoms with van der Waals surface area (Å²) in [5.74, 6) is 0. The third-order valence-electron chi connectivity index (χ3n) is 0.903. The van der Waals surface area contributed by atoms with Crippen LogP contribution in [-0.2, 0) is 25.4 Å². The smallest absolute Gasteiger partial charge is 0.372 e. The van der Waals surface area contributed by atoms with Crippen LogP contribution in [-0.4, -0.2) is 36.6 Å². The second-order valence-corrected chi connectivity index (χ2v) is 5.03. The Labute approximate surface area is 83.1 Å². The highest BCUT2D eigenvalue weighted by Crippen LogP contribution is 2.48. The Morgan fingerprint density at radius 2 is 1.85 bits per heavy atom. The van der Waals surface area contributed by atoms with Gasteiger partial charge < -0.3 is 4.52 Å². The molecule has 5 nitrogen and oxygen atoms in total. The van der Waals surface area contributed by atoms with Gasteiger partial charge in [0, 0.05) is 16.5 Å². The molecule has 0 saturated carbocycles. The molecule has 0 radical (unpaired) electrons. The van der Waals surface area contributed by atoms with Crippen LogP contribution in [0, 0.1) is 0 Å². The molecule has 0 rings (SSSR count). The molecular weight excluding hydrogens is 213 g/mol. The average Bonchev–Trinajstić information content (AvgIpc) is 2.02. The Hall–Kier alpha value is -0.160. The second kappa shape index (κ2) is 6.32. The summed E-state index contributed by atoms with van der Waals surface area (Å²) in [4.78, 5) is 0. The summed E-state index contributed by atoms with van der Waals surface area (Å²) < 4.78 is 16.0. The largest absolute Gasteiger partial charge is 0.384 e. The minimum atomic E-state index is -2.70. The van der Waals surface area contributed by atoms with Crippen molar-refractivity contribution in [2.75, 3.05) is 20.3 Å². The minimum Gasteiger partial charge on any atom is -0.372 e. The van der Waals surface area contributed by atoms with Crippen molar-refractivity contribution in [2.24, 2.45) is 0 Å². The van der Waals surface area contributed by atoms with E-state index in [4.69, 9.17) is 30.6 Å².